The summed E-state index contributed by atoms with van der Waals surface area (Å²) >= 11 is 3.36. The van der Waals surface area contributed by atoms with E-state index in [2.05, 4.69) is 31.3 Å². The van der Waals surface area contributed by atoms with E-state index in [9.17, 15) is 4.79 Å². The molecular weight excluding hydrogens is 356 g/mol. The first-order valence-corrected chi connectivity index (χ1v) is 7.89. The van der Waals surface area contributed by atoms with Crippen molar-refractivity contribution in [2.45, 2.75) is 6.54 Å². The van der Waals surface area contributed by atoms with Crippen LogP contribution in [0.15, 0.2) is 59.5 Å². The highest BCUT2D eigenvalue weighted by Crippen LogP contribution is 2.16. The van der Waals surface area contributed by atoms with E-state index in [0.29, 0.717) is 12.1 Å². The summed E-state index contributed by atoms with van der Waals surface area (Å²) in [4.78, 5) is 16.5. The van der Waals surface area contributed by atoms with Crippen LogP contribution in [-0.4, -0.2) is 20.7 Å². The van der Waals surface area contributed by atoms with E-state index in [1.807, 2.05) is 37.5 Å². The third kappa shape index (κ3) is 3.84. The molecule has 0 saturated heterocycles. The number of hydrogen-bond donors (Lipinski definition) is 1. The molecule has 0 aliphatic heterocycles. The van der Waals surface area contributed by atoms with Gasteiger partial charge in [0, 0.05) is 41.6 Å². The Hall–Kier alpha value is -2.47. The van der Waals surface area contributed by atoms with Crippen molar-refractivity contribution in [1.29, 1.82) is 0 Å². The smallest absolute Gasteiger partial charge is 0.251 e. The number of nitrogens with one attached hydrogen (secondary N) is 1. The van der Waals surface area contributed by atoms with Gasteiger partial charge in [-0.1, -0.05) is 28.1 Å². The van der Waals surface area contributed by atoms with Gasteiger partial charge in [0.1, 0.15) is 0 Å². The van der Waals surface area contributed by atoms with Gasteiger partial charge in [0.2, 0.25) is 0 Å². The number of halogens is 1. The molecule has 1 aromatic carbocycles. The molecule has 0 aliphatic carbocycles. The van der Waals surface area contributed by atoms with Crippen LogP contribution in [0.3, 0.4) is 0 Å². The van der Waals surface area contributed by atoms with Crippen LogP contribution in [0, 0.1) is 0 Å². The van der Waals surface area contributed by atoms with Crippen molar-refractivity contribution in [3.8, 4) is 11.3 Å². The molecule has 0 atom stereocenters. The second kappa shape index (κ2) is 6.75. The number of aryl methyl sites for hydroxylation is 1. The zero-order chi connectivity index (χ0) is 16.2. The van der Waals surface area contributed by atoms with E-state index in [-0.39, 0.29) is 5.91 Å². The van der Waals surface area contributed by atoms with E-state index < -0.39 is 0 Å². The number of nitrogens with zero attached hydrogens (tertiary/aromatic N) is 3. The molecule has 23 heavy (non-hydrogen) atoms. The molecule has 5 nitrogen and oxygen atoms in total. The Morgan fingerprint density at radius 2 is 2.13 bits per heavy atom. The molecule has 2 heterocycles. The molecule has 1 amide bonds. The monoisotopic (exact) mass is 370 g/mol. The molecule has 0 unspecified atom stereocenters. The molecule has 0 bridgehead atoms. The number of hydrogen-bond acceptors (Lipinski definition) is 3. The largest absolute Gasteiger partial charge is 0.348 e. The Balaban J connectivity index is 1.63. The molecule has 0 saturated carbocycles. The summed E-state index contributed by atoms with van der Waals surface area (Å²) in [7, 11) is 1.87. The van der Waals surface area contributed by atoms with Crippen LogP contribution < -0.4 is 5.32 Å². The van der Waals surface area contributed by atoms with Crippen molar-refractivity contribution in [2.24, 2.45) is 7.05 Å². The van der Waals surface area contributed by atoms with Crippen LogP contribution in [0.1, 0.15) is 15.9 Å². The van der Waals surface area contributed by atoms with E-state index in [1.54, 1.807) is 29.2 Å². The Kier molecular flexibility index (Phi) is 4.52. The van der Waals surface area contributed by atoms with Crippen LogP contribution in [-0.2, 0) is 13.6 Å². The Labute approximate surface area is 142 Å². The van der Waals surface area contributed by atoms with Crippen molar-refractivity contribution in [3.05, 3.63) is 70.6 Å². The van der Waals surface area contributed by atoms with Crippen molar-refractivity contribution < 1.29 is 4.79 Å². The van der Waals surface area contributed by atoms with Gasteiger partial charge in [-0.25, -0.2) is 0 Å². The molecule has 116 valence electrons. The highest BCUT2D eigenvalue weighted by atomic mass is 79.9. The molecule has 0 fully saturated rings. The summed E-state index contributed by atoms with van der Waals surface area (Å²) in [6.45, 7) is 0.436. The second-order valence-electron chi connectivity index (χ2n) is 5.15. The van der Waals surface area contributed by atoms with Gasteiger partial charge in [0.15, 0.2) is 0 Å². The summed E-state index contributed by atoms with van der Waals surface area (Å²) in [5, 5.41) is 7.02. The van der Waals surface area contributed by atoms with Crippen LogP contribution in [0.5, 0.6) is 0 Å². The van der Waals surface area contributed by atoms with Crippen molar-refractivity contribution in [3.63, 3.8) is 0 Å². The standard InChI is InChI=1S/C17H15BrN4O/c1-22-11-14(10-21-22)16-6-5-12(8-19-16)9-20-17(23)13-3-2-4-15(18)7-13/h2-8,10-11H,9H2,1H3,(H,20,23). The van der Waals surface area contributed by atoms with Crippen molar-refractivity contribution in [1.82, 2.24) is 20.1 Å². The maximum absolute atomic E-state index is 12.1. The summed E-state index contributed by atoms with van der Waals surface area (Å²) < 4.78 is 2.62. The molecule has 0 aliphatic rings. The third-order valence-corrected chi connectivity index (χ3v) is 3.86. The molecule has 3 rings (SSSR count). The average Bonchev–Trinajstić information content (AvgIpc) is 2.99. The van der Waals surface area contributed by atoms with Gasteiger partial charge < -0.3 is 5.32 Å². The van der Waals surface area contributed by atoms with Gasteiger partial charge in [0.05, 0.1) is 11.9 Å². The second-order valence-corrected chi connectivity index (χ2v) is 6.06. The van der Waals surface area contributed by atoms with Gasteiger partial charge in [-0.3, -0.25) is 14.5 Å². The average molecular weight is 371 g/mol. The third-order valence-electron chi connectivity index (χ3n) is 3.37. The fraction of sp³-hybridized carbons (Fsp3) is 0.118. The van der Waals surface area contributed by atoms with Gasteiger partial charge >= 0.3 is 0 Å². The summed E-state index contributed by atoms with van der Waals surface area (Å²) in [6, 6.07) is 11.2. The molecule has 3 aromatic rings. The number of rotatable bonds is 4. The number of carbonyl (C=O) groups is 1. The fourth-order valence-corrected chi connectivity index (χ4v) is 2.57. The molecule has 0 spiro atoms. The lowest BCUT2D eigenvalue weighted by Crippen LogP contribution is -2.22. The minimum Gasteiger partial charge on any atom is -0.348 e. The Bertz CT molecular complexity index is 827. The zero-order valence-electron chi connectivity index (χ0n) is 12.5. The minimum atomic E-state index is -0.109. The SMILES string of the molecule is Cn1cc(-c2ccc(CNC(=O)c3cccc(Br)c3)cn2)cn1. The number of aromatic nitrogens is 3. The maximum atomic E-state index is 12.1. The summed E-state index contributed by atoms with van der Waals surface area (Å²) in [5.74, 6) is -0.109. The highest BCUT2D eigenvalue weighted by molar-refractivity contribution is 9.10. The minimum absolute atomic E-state index is 0.109. The van der Waals surface area contributed by atoms with Crippen molar-refractivity contribution >= 4 is 21.8 Å². The predicted molar refractivity (Wildman–Crippen MR) is 91.8 cm³/mol. The number of pyridine rings is 1. The lowest BCUT2D eigenvalue weighted by molar-refractivity contribution is 0.0951. The number of amides is 1. The summed E-state index contributed by atoms with van der Waals surface area (Å²) in [6.07, 6.45) is 5.46. The fourth-order valence-electron chi connectivity index (χ4n) is 2.17. The predicted octanol–water partition coefficient (Wildman–Crippen LogP) is 3.17. The summed E-state index contributed by atoms with van der Waals surface area (Å²) in [5.41, 5.74) is 3.40. The Morgan fingerprint density at radius 1 is 1.26 bits per heavy atom. The topological polar surface area (TPSA) is 59.8 Å². The van der Waals surface area contributed by atoms with Crippen LogP contribution in [0.4, 0.5) is 0 Å². The van der Waals surface area contributed by atoms with E-state index >= 15 is 0 Å². The lowest BCUT2D eigenvalue weighted by Gasteiger charge is -2.06. The molecule has 6 heteroatoms. The lowest BCUT2D eigenvalue weighted by atomic mass is 10.2. The van der Waals surface area contributed by atoms with E-state index in [0.717, 1.165) is 21.3 Å². The first-order chi connectivity index (χ1) is 11.1. The molecule has 2 aromatic heterocycles. The number of benzene rings is 1. The van der Waals surface area contributed by atoms with Crippen LogP contribution in [0.25, 0.3) is 11.3 Å². The van der Waals surface area contributed by atoms with Gasteiger partial charge in [0.25, 0.3) is 5.91 Å². The molecule has 0 radical (unpaired) electrons. The normalized spacial score (nSPS) is 10.5. The van der Waals surface area contributed by atoms with Crippen LogP contribution in [0.2, 0.25) is 0 Å². The first kappa shape index (κ1) is 15.4. The maximum Gasteiger partial charge on any atom is 0.251 e. The quantitative estimate of drug-likeness (QED) is 0.767. The van der Waals surface area contributed by atoms with Crippen LogP contribution >= 0.6 is 15.9 Å². The number of carbonyl (C=O) groups excluding carboxylic acids is 1. The van der Waals surface area contributed by atoms with Gasteiger partial charge in [-0.2, -0.15) is 5.10 Å². The van der Waals surface area contributed by atoms with Crippen molar-refractivity contribution in [2.75, 3.05) is 0 Å². The van der Waals surface area contributed by atoms with E-state index in [1.165, 1.54) is 0 Å². The molecule has 1 N–H and O–H groups in total. The van der Waals surface area contributed by atoms with Gasteiger partial charge in [-0.05, 0) is 29.8 Å². The highest BCUT2D eigenvalue weighted by Gasteiger charge is 2.06. The first-order valence-electron chi connectivity index (χ1n) is 7.09. The zero-order valence-corrected chi connectivity index (χ0v) is 14.1. The Morgan fingerprint density at radius 3 is 2.78 bits per heavy atom. The van der Waals surface area contributed by atoms with Gasteiger partial charge in [-0.15, -0.1) is 0 Å². The molecular formula is C17H15BrN4O. The van der Waals surface area contributed by atoms with E-state index in [4.69, 9.17) is 0 Å².